The van der Waals surface area contributed by atoms with Crippen molar-refractivity contribution in [3.63, 3.8) is 0 Å². The number of hydrogen-bond donors (Lipinski definition) is 1. The first kappa shape index (κ1) is 19.5. The first-order valence-corrected chi connectivity index (χ1v) is 10.8. The Labute approximate surface area is 168 Å². The molecule has 0 radical (unpaired) electrons. The molecule has 0 saturated carbocycles. The van der Waals surface area contributed by atoms with Crippen molar-refractivity contribution >= 4 is 31.6 Å². The lowest BCUT2D eigenvalue weighted by atomic mass is 10.1. The van der Waals surface area contributed by atoms with E-state index in [0.717, 1.165) is 27.6 Å². The summed E-state index contributed by atoms with van der Waals surface area (Å²) in [6, 6.07) is 20.2. The molecule has 0 aliphatic carbocycles. The van der Waals surface area contributed by atoms with E-state index in [1.165, 1.54) is 7.11 Å². The normalized spacial score (nSPS) is 11.2. The highest BCUT2D eigenvalue weighted by molar-refractivity contribution is 9.10. The SMILES string of the molecule is CCc1ccc(OC)c(NS(=O)(=O)c2ccc(-c3ccc(Br)cc3)cc2)c1. The fourth-order valence-corrected chi connectivity index (χ4v) is 4.05. The molecule has 0 aliphatic heterocycles. The zero-order valence-corrected chi connectivity index (χ0v) is 17.5. The summed E-state index contributed by atoms with van der Waals surface area (Å²) in [6.45, 7) is 2.01. The fourth-order valence-electron chi connectivity index (χ4n) is 2.73. The van der Waals surface area contributed by atoms with E-state index in [1.54, 1.807) is 36.4 Å². The maximum atomic E-state index is 12.8. The number of anilines is 1. The minimum absolute atomic E-state index is 0.201. The second-order valence-electron chi connectivity index (χ2n) is 6.02. The van der Waals surface area contributed by atoms with Crippen LogP contribution in [0.2, 0.25) is 0 Å². The molecule has 4 nitrogen and oxygen atoms in total. The standard InChI is InChI=1S/C21H20BrNO3S/c1-3-15-4-13-21(26-2)20(14-15)23-27(24,25)19-11-7-17(8-12-19)16-5-9-18(22)10-6-16/h4-14,23H,3H2,1-2H3. The molecule has 0 spiro atoms. The van der Waals surface area contributed by atoms with Crippen LogP contribution in [0.15, 0.2) is 76.1 Å². The average molecular weight is 446 g/mol. The van der Waals surface area contributed by atoms with Gasteiger partial charge in [0.05, 0.1) is 17.7 Å². The van der Waals surface area contributed by atoms with Gasteiger partial charge in [0, 0.05) is 4.47 Å². The Kier molecular flexibility index (Phi) is 5.87. The summed E-state index contributed by atoms with van der Waals surface area (Å²) >= 11 is 3.41. The Morgan fingerprint density at radius 2 is 1.52 bits per heavy atom. The minimum Gasteiger partial charge on any atom is -0.495 e. The molecule has 6 heteroatoms. The van der Waals surface area contributed by atoms with Gasteiger partial charge in [-0.25, -0.2) is 8.42 Å². The molecule has 3 rings (SSSR count). The molecule has 0 atom stereocenters. The van der Waals surface area contributed by atoms with Crippen LogP contribution in [0.5, 0.6) is 5.75 Å². The summed E-state index contributed by atoms with van der Waals surface area (Å²) in [5.41, 5.74) is 3.44. The molecule has 3 aromatic carbocycles. The monoisotopic (exact) mass is 445 g/mol. The van der Waals surface area contributed by atoms with Gasteiger partial charge in [-0.3, -0.25) is 4.72 Å². The molecule has 27 heavy (non-hydrogen) atoms. The molecule has 0 aliphatic rings. The number of benzene rings is 3. The largest absolute Gasteiger partial charge is 0.495 e. The Balaban J connectivity index is 1.88. The number of methoxy groups -OCH3 is 1. The maximum Gasteiger partial charge on any atom is 0.262 e. The summed E-state index contributed by atoms with van der Waals surface area (Å²) in [7, 11) is -2.19. The molecule has 0 aromatic heterocycles. The van der Waals surface area contributed by atoms with Gasteiger partial charge >= 0.3 is 0 Å². The van der Waals surface area contributed by atoms with Gasteiger partial charge in [0.2, 0.25) is 0 Å². The third kappa shape index (κ3) is 4.51. The third-order valence-electron chi connectivity index (χ3n) is 4.26. The predicted octanol–water partition coefficient (Wildman–Crippen LogP) is 5.49. The molecular weight excluding hydrogens is 426 g/mol. The number of hydrogen-bond acceptors (Lipinski definition) is 3. The van der Waals surface area contributed by atoms with Gasteiger partial charge in [0.15, 0.2) is 0 Å². The molecule has 0 fully saturated rings. The molecular formula is C21H20BrNO3S. The van der Waals surface area contributed by atoms with E-state index in [2.05, 4.69) is 20.7 Å². The summed E-state index contributed by atoms with van der Waals surface area (Å²) in [5, 5.41) is 0. The lowest BCUT2D eigenvalue weighted by Gasteiger charge is -2.13. The average Bonchev–Trinajstić information content (AvgIpc) is 2.68. The van der Waals surface area contributed by atoms with Crippen molar-refractivity contribution in [3.05, 3.63) is 76.8 Å². The van der Waals surface area contributed by atoms with E-state index in [1.807, 2.05) is 37.3 Å². The highest BCUT2D eigenvalue weighted by atomic mass is 79.9. The summed E-state index contributed by atoms with van der Waals surface area (Å²) in [4.78, 5) is 0.201. The van der Waals surface area contributed by atoms with Crippen molar-refractivity contribution in [1.29, 1.82) is 0 Å². The van der Waals surface area contributed by atoms with Gasteiger partial charge < -0.3 is 4.74 Å². The van der Waals surface area contributed by atoms with Gasteiger partial charge in [-0.05, 0) is 59.5 Å². The second-order valence-corrected chi connectivity index (χ2v) is 8.62. The smallest absolute Gasteiger partial charge is 0.262 e. The lowest BCUT2D eigenvalue weighted by Crippen LogP contribution is -2.13. The first-order valence-electron chi connectivity index (χ1n) is 8.48. The number of ether oxygens (including phenoxy) is 1. The van der Waals surface area contributed by atoms with Gasteiger partial charge in [0.1, 0.15) is 5.75 Å². The maximum absolute atomic E-state index is 12.8. The summed E-state index contributed by atoms with van der Waals surface area (Å²) in [5.74, 6) is 0.488. The van der Waals surface area contributed by atoms with Crippen molar-refractivity contribution in [2.75, 3.05) is 11.8 Å². The molecule has 3 aromatic rings. The molecule has 0 saturated heterocycles. The van der Waals surface area contributed by atoms with Crippen LogP contribution >= 0.6 is 15.9 Å². The third-order valence-corrected chi connectivity index (χ3v) is 6.17. The van der Waals surface area contributed by atoms with Crippen molar-refractivity contribution in [1.82, 2.24) is 0 Å². The first-order chi connectivity index (χ1) is 12.9. The Hall–Kier alpha value is -2.31. The Bertz CT molecular complexity index is 1030. The highest BCUT2D eigenvalue weighted by Gasteiger charge is 2.17. The number of halogens is 1. The highest BCUT2D eigenvalue weighted by Crippen LogP contribution is 2.29. The molecule has 140 valence electrons. The number of rotatable bonds is 6. The van der Waals surface area contributed by atoms with Crippen molar-refractivity contribution < 1.29 is 13.2 Å². The Morgan fingerprint density at radius 1 is 0.926 bits per heavy atom. The van der Waals surface area contributed by atoms with Gasteiger partial charge in [-0.15, -0.1) is 0 Å². The van der Waals surface area contributed by atoms with Gasteiger partial charge in [0.25, 0.3) is 10.0 Å². The van der Waals surface area contributed by atoms with E-state index in [9.17, 15) is 8.42 Å². The zero-order valence-electron chi connectivity index (χ0n) is 15.1. The van der Waals surface area contributed by atoms with Crippen LogP contribution < -0.4 is 9.46 Å². The number of aryl methyl sites for hydroxylation is 1. The molecule has 1 N–H and O–H groups in total. The van der Waals surface area contributed by atoms with Crippen LogP contribution in [0.4, 0.5) is 5.69 Å². The van der Waals surface area contributed by atoms with Crippen molar-refractivity contribution in [3.8, 4) is 16.9 Å². The summed E-state index contributed by atoms with van der Waals surface area (Å²) in [6.07, 6.45) is 0.806. The van der Waals surface area contributed by atoms with Gasteiger partial charge in [-0.1, -0.05) is 53.2 Å². The minimum atomic E-state index is -3.71. The molecule has 0 heterocycles. The lowest BCUT2D eigenvalue weighted by molar-refractivity contribution is 0.416. The predicted molar refractivity (Wildman–Crippen MR) is 113 cm³/mol. The van der Waals surface area contributed by atoms with E-state index in [4.69, 9.17) is 4.74 Å². The van der Waals surface area contributed by atoms with Crippen LogP contribution in [-0.4, -0.2) is 15.5 Å². The van der Waals surface area contributed by atoms with Crippen LogP contribution in [0.3, 0.4) is 0 Å². The van der Waals surface area contributed by atoms with E-state index in [-0.39, 0.29) is 4.90 Å². The van der Waals surface area contributed by atoms with E-state index < -0.39 is 10.0 Å². The summed E-state index contributed by atoms with van der Waals surface area (Å²) < 4.78 is 34.5. The molecule has 0 bridgehead atoms. The van der Waals surface area contributed by atoms with Crippen LogP contribution in [-0.2, 0) is 16.4 Å². The van der Waals surface area contributed by atoms with Crippen LogP contribution in [0.1, 0.15) is 12.5 Å². The number of sulfonamides is 1. The van der Waals surface area contributed by atoms with Crippen molar-refractivity contribution in [2.24, 2.45) is 0 Å². The van der Waals surface area contributed by atoms with Crippen LogP contribution in [0, 0.1) is 0 Å². The Morgan fingerprint density at radius 3 is 2.07 bits per heavy atom. The van der Waals surface area contributed by atoms with Gasteiger partial charge in [-0.2, -0.15) is 0 Å². The zero-order chi connectivity index (χ0) is 19.4. The molecule has 0 amide bonds. The fraction of sp³-hybridized carbons (Fsp3) is 0.143. The van der Waals surface area contributed by atoms with Crippen molar-refractivity contribution in [2.45, 2.75) is 18.2 Å². The number of nitrogens with one attached hydrogen (secondary N) is 1. The van der Waals surface area contributed by atoms with Crippen LogP contribution in [0.25, 0.3) is 11.1 Å². The topological polar surface area (TPSA) is 55.4 Å². The van der Waals surface area contributed by atoms with E-state index >= 15 is 0 Å². The second kappa shape index (κ2) is 8.15. The molecule has 0 unspecified atom stereocenters. The van der Waals surface area contributed by atoms with E-state index in [0.29, 0.717) is 11.4 Å². The quantitative estimate of drug-likeness (QED) is 0.545.